The predicted octanol–water partition coefficient (Wildman–Crippen LogP) is 0.951. The third kappa shape index (κ3) is 2.27. The minimum atomic E-state index is 0.373. The van der Waals surface area contributed by atoms with Gasteiger partial charge in [0.25, 0.3) is 0 Å². The first-order valence-electron chi connectivity index (χ1n) is 5.72. The summed E-state index contributed by atoms with van der Waals surface area (Å²) in [6.07, 6.45) is 4.45. The maximum absolute atomic E-state index is 11.4. The van der Waals surface area contributed by atoms with E-state index < -0.39 is 0 Å². The minimum Gasteiger partial charge on any atom is -0.342 e. The molecule has 1 atom stereocenters. The molecule has 0 bridgehead atoms. The molecule has 2 saturated heterocycles. The molecule has 1 amide bonds. The fourth-order valence-electron chi connectivity index (χ4n) is 2.63. The lowest BCUT2D eigenvalue weighted by atomic mass is 9.98. The summed E-state index contributed by atoms with van der Waals surface area (Å²) < 4.78 is 0. The van der Waals surface area contributed by atoms with E-state index in [2.05, 4.69) is 16.8 Å². The van der Waals surface area contributed by atoms with Crippen LogP contribution in [0.15, 0.2) is 0 Å². The summed E-state index contributed by atoms with van der Waals surface area (Å²) in [5.74, 6) is 1.09. The molecule has 2 aliphatic rings. The van der Waals surface area contributed by atoms with Crippen molar-refractivity contribution in [2.75, 3.05) is 33.2 Å². The molecule has 80 valence electrons. The van der Waals surface area contributed by atoms with E-state index in [0.717, 1.165) is 31.8 Å². The Morgan fingerprint density at radius 2 is 2.21 bits per heavy atom. The number of piperidine rings is 1. The normalized spacial score (nSPS) is 29.9. The molecular weight excluding hydrogens is 176 g/mol. The number of amides is 1. The average Bonchev–Trinajstić information content (AvgIpc) is 2.52. The van der Waals surface area contributed by atoms with Crippen molar-refractivity contribution in [1.29, 1.82) is 0 Å². The zero-order chi connectivity index (χ0) is 9.97. The number of hydrogen-bond acceptors (Lipinski definition) is 2. The standard InChI is InChI=1S/C11H20N2O/c1-12-6-2-4-10(8-12)9-13-7-3-5-11(13)14/h10H,2-9H2,1H3. The van der Waals surface area contributed by atoms with Crippen LogP contribution in [0.1, 0.15) is 25.7 Å². The number of carbonyl (C=O) groups excluding carboxylic acids is 1. The van der Waals surface area contributed by atoms with Crippen LogP contribution in [0, 0.1) is 5.92 Å². The summed E-state index contributed by atoms with van der Waals surface area (Å²) in [6, 6.07) is 0. The van der Waals surface area contributed by atoms with Gasteiger partial charge in [-0.3, -0.25) is 4.79 Å². The van der Waals surface area contributed by atoms with Crippen LogP contribution < -0.4 is 0 Å². The van der Waals surface area contributed by atoms with E-state index in [0.29, 0.717) is 5.91 Å². The molecule has 2 aliphatic heterocycles. The molecule has 0 radical (unpaired) electrons. The van der Waals surface area contributed by atoms with Crippen LogP contribution in [0.5, 0.6) is 0 Å². The third-order valence-corrected chi connectivity index (χ3v) is 3.37. The van der Waals surface area contributed by atoms with Gasteiger partial charge in [-0.15, -0.1) is 0 Å². The lowest BCUT2D eigenvalue weighted by Gasteiger charge is -2.32. The monoisotopic (exact) mass is 196 g/mol. The molecule has 0 aromatic heterocycles. The van der Waals surface area contributed by atoms with Gasteiger partial charge in [0.05, 0.1) is 0 Å². The van der Waals surface area contributed by atoms with Crippen LogP contribution in [-0.2, 0) is 4.79 Å². The molecule has 2 heterocycles. The van der Waals surface area contributed by atoms with Gasteiger partial charge in [-0.2, -0.15) is 0 Å². The van der Waals surface area contributed by atoms with Crippen molar-refractivity contribution in [1.82, 2.24) is 9.80 Å². The van der Waals surface area contributed by atoms with E-state index in [4.69, 9.17) is 0 Å². The van der Waals surface area contributed by atoms with Crippen LogP contribution in [-0.4, -0.2) is 48.9 Å². The van der Waals surface area contributed by atoms with Gasteiger partial charge in [0.15, 0.2) is 0 Å². The highest BCUT2D eigenvalue weighted by Gasteiger charge is 2.25. The van der Waals surface area contributed by atoms with Gasteiger partial charge >= 0.3 is 0 Å². The Labute approximate surface area is 86.1 Å². The second-order valence-electron chi connectivity index (χ2n) is 4.71. The van der Waals surface area contributed by atoms with E-state index >= 15 is 0 Å². The van der Waals surface area contributed by atoms with E-state index in [1.54, 1.807) is 0 Å². The number of hydrogen-bond donors (Lipinski definition) is 0. The van der Waals surface area contributed by atoms with Gasteiger partial charge in [0.1, 0.15) is 0 Å². The molecule has 2 rings (SSSR count). The quantitative estimate of drug-likeness (QED) is 0.656. The summed E-state index contributed by atoms with van der Waals surface area (Å²) >= 11 is 0. The minimum absolute atomic E-state index is 0.373. The second-order valence-corrected chi connectivity index (χ2v) is 4.71. The molecule has 2 fully saturated rings. The molecule has 14 heavy (non-hydrogen) atoms. The summed E-state index contributed by atoms with van der Waals surface area (Å²) in [6.45, 7) is 4.40. The predicted molar refractivity (Wildman–Crippen MR) is 56.0 cm³/mol. The SMILES string of the molecule is CN1CCCC(CN2CCCC2=O)C1. The number of likely N-dealkylation sites (tertiary alicyclic amines) is 2. The highest BCUT2D eigenvalue weighted by Crippen LogP contribution is 2.19. The van der Waals surface area contributed by atoms with Gasteiger partial charge in [-0.05, 0) is 38.8 Å². The number of nitrogens with zero attached hydrogens (tertiary/aromatic N) is 2. The Bertz CT molecular complexity index is 217. The Kier molecular flexibility index (Phi) is 3.06. The first kappa shape index (κ1) is 9.97. The van der Waals surface area contributed by atoms with Crippen molar-refractivity contribution in [2.45, 2.75) is 25.7 Å². The van der Waals surface area contributed by atoms with Gasteiger partial charge in [-0.1, -0.05) is 0 Å². The Hall–Kier alpha value is -0.570. The van der Waals surface area contributed by atoms with E-state index in [-0.39, 0.29) is 0 Å². The zero-order valence-corrected chi connectivity index (χ0v) is 9.04. The second kappa shape index (κ2) is 4.30. The van der Waals surface area contributed by atoms with Crippen molar-refractivity contribution < 1.29 is 4.79 Å². The van der Waals surface area contributed by atoms with Crippen molar-refractivity contribution in [3.63, 3.8) is 0 Å². The first-order chi connectivity index (χ1) is 6.75. The smallest absolute Gasteiger partial charge is 0.222 e. The Balaban J connectivity index is 1.81. The highest BCUT2D eigenvalue weighted by atomic mass is 16.2. The summed E-state index contributed by atoms with van der Waals surface area (Å²) in [5.41, 5.74) is 0. The van der Waals surface area contributed by atoms with Crippen LogP contribution in [0.3, 0.4) is 0 Å². The van der Waals surface area contributed by atoms with Crippen LogP contribution in [0.25, 0.3) is 0 Å². The fourth-order valence-corrected chi connectivity index (χ4v) is 2.63. The summed E-state index contributed by atoms with van der Waals surface area (Å²) in [7, 11) is 2.18. The molecule has 0 spiro atoms. The summed E-state index contributed by atoms with van der Waals surface area (Å²) in [4.78, 5) is 15.9. The van der Waals surface area contributed by atoms with Gasteiger partial charge in [0, 0.05) is 26.1 Å². The van der Waals surface area contributed by atoms with Crippen molar-refractivity contribution in [3.05, 3.63) is 0 Å². The number of carbonyl (C=O) groups is 1. The lowest BCUT2D eigenvalue weighted by Crippen LogP contribution is -2.39. The molecule has 3 heteroatoms. The van der Waals surface area contributed by atoms with Gasteiger partial charge in [0.2, 0.25) is 5.91 Å². The molecule has 3 nitrogen and oxygen atoms in total. The lowest BCUT2D eigenvalue weighted by molar-refractivity contribution is -0.128. The molecule has 0 aromatic rings. The third-order valence-electron chi connectivity index (χ3n) is 3.37. The van der Waals surface area contributed by atoms with E-state index in [9.17, 15) is 4.79 Å². The van der Waals surface area contributed by atoms with Crippen molar-refractivity contribution in [3.8, 4) is 0 Å². The van der Waals surface area contributed by atoms with Gasteiger partial charge in [-0.25, -0.2) is 0 Å². The Morgan fingerprint density at radius 1 is 1.36 bits per heavy atom. The molecule has 1 unspecified atom stereocenters. The maximum Gasteiger partial charge on any atom is 0.222 e. The summed E-state index contributed by atoms with van der Waals surface area (Å²) in [5, 5.41) is 0. The first-order valence-corrected chi connectivity index (χ1v) is 5.72. The van der Waals surface area contributed by atoms with Crippen LogP contribution in [0.2, 0.25) is 0 Å². The Morgan fingerprint density at radius 3 is 2.86 bits per heavy atom. The van der Waals surface area contributed by atoms with Crippen molar-refractivity contribution >= 4 is 5.91 Å². The van der Waals surface area contributed by atoms with E-state index in [1.165, 1.54) is 25.9 Å². The average molecular weight is 196 g/mol. The fraction of sp³-hybridized carbons (Fsp3) is 0.909. The van der Waals surface area contributed by atoms with Gasteiger partial charge < -0.3 is 9.80 Å². The molecule has 0 aromatic carbocycles. The zero-order valence-electron chi connectivity index (χ0n) is 9.04. The molecule has 0 N–H and O–H groups in total. The topological polar surface area (TPSA) is 23.6 Å². The maximum atomic E-state index is 11.4. The van der Waals surface area contributed by atoms with Crippen LogP contribution in [0.4, 0.5) is 0 Å². The number of rotatable bonds is 2. The van der Waals surface area contributed by atoms with Crippen LogP contribution >= 0.6 is 0 Å². The largest absolute Gasteiger partial charge is 0.342 e. The van der Waals surface area contributed by atoms with Crippen molar-refractivity contribution in [2.24, 2.45) is 5.92 Å². The van der Waals surface area contributed by atoms with E-state index in [1.807, 2.05) is 0 Å². The highest BCUT2D eigenvalue weighted by molar-refractivity contribution is 5.78. The molecule has 0 aliphatic carbocycles. The molecular formula is C11H20N2O. The molecule has 0 saturated carbocycles.